The van der Waals surface area contributed by atoms with Gasteiger partial charge in [-0.15, -0.1) is 11.8 Å². The highest BCUT2D eigenvalue weighted by atomic mass is 32.2. The van der Waals surface area contributed by atoms with Crippen molar-refractivity contribution in [3.63, 3.8) is 0 Å². The lowest BCUT2D eigenvalue weighted by molar-refractivity contribution is -0.143. The summed E-state index contributed by atoms with van der Waals surface area (Å²) in [7, 11) is 0. The van der Waals surface area contributed by atoms with Crippen LogP contribution in [0, 0.1) is 11.8 Å². The Bertz CT molecular complexity index is 676. The van der Waals surface area contributed by atoms with Crippen molar-refractivity contribution < 1.29 is 19.5 Å². The number of carbonyl (C=O) groups is 3. The van der Waals surface area contributed by atoms with Gasteiger partial charge in [-0.1, -0.05) is 6.92 Å². The van der Waals surface area contributed by atoms with Gasteiger partial charge in [0.2, 0.25) is 5.91 Å². The Morgan fingerprint density at radius 3 is 2.87 bits per heavy atom. The Kier molecular flexibility index (Phi) is 4.30. The number of carboxylic acid groups (broad SMARTS) is 1. The van der Waals surface area contributed by atoms with Crippen molar-refractivity contribution in [1.82, 2.24) is 4.90 Å². The number of carbonyl (C=O) groups excluding carboxylic acids is 2. The number of benzene rings is 1. The van der Waals surface area contributed by atoms with Gasteiger partial charge >= 0.3 is 5.97 Å². The van der Waals surface area contributed by atoms with Crippen LogP contribution in [0.3, 0.4) is 0 Å². The van der Waals surface area contributed by atoms with E-state index < -0.39 is 11.9 Å². The Morgan fingerprint density at radius 1 is 1.35 bits per heavy atom. The van der Waals surface area contributed by atoms with Crippen LogP contribution in [-0.2, 0) is 9.59 Å². The van der Waals surface area contributed by atoms with Crippen LogP contribution in [0.25, 0.3) is 0 Å². The molecule has 2 heterocycles. The molecule has 122 valence electrons. The topological polar surface area (TPSA) is 86.7 Å². The maximum Gasteiger partial charge on any atom is 0.308 e. The number of thioether (sulfide) groups is 1. The summed E-state index contributed by atoms with van der Waals surface area (Å²) in [6, 6.07) is 5.24. The number of piperidine rings is 1. The first-order chi connectivity index (χ1) is 10.9. The largest absolute Gasteiger partial charge is 0.481 e. The molecule has 2 unspecified atom stereocenters. The fourth-order valence-electron chi connectivity index (χ4n) is 3.10. The van der Waals surface area contributed by atoms with E-state index >= 15 is 0 Å². The maximum absolute atomic E-state index is 12.7. The number of anilines is 1. The monoisotopic (exact) mass is 334 g/mol. The molecule has 0 spiro atoms. The smallest absolute Gasteiger partial charge is 0.308 e. The zero-order valence-corrected chi connectivity index (χ0v) is 13.6. The molecule has 1 saturated heterocycles. The summed E-state index contributed by atoms with van der Waals surface area (Å²) in [5.74, 6) is -1.11. The second-order valence-electron chi connectivity index (χ2n) is 6.13. The summed E-state index contributed by atoms with van der Waals surface area (Å²) in [4.78, 5) is 38.0. The number of hydrogen-bond acceptors (Lipinski definition) is 4. The Morgan fingerprint density at radius 2 is 2.13 bits per heavy atom. The molecule has 2 atom stereocenters. The number of fused-ring (bicyclic) bond motifs is 1. The van der Waals surface area contributed by atoms with E-state index in [0.29, 0.717) is 30.0 Å². The van der Waals surface area contributed by atoms with Gasteiger partial charge in [0.15, 0.2) is 0 Å². The fraction of sp³-hybridized carbons (Fsp3) is 0.438. The summed E-state index contributed by atoms with van der Waals surface area (Å²) in [6.45, 7) is 2.75. The van der Waals surface area contributed by atoms with Gasteiger partial charge in [-0.05, 0) is 30.5 Å². The van der Waals surface area contributed by atoms with E-state index in [1.165, 1.54) is 11.8 Å². The molecule has 1 aromatic rings. The van der Waals surface area contributed by atoms with E-state index in [9.17, 15) is 19.5 Å². The lowest BCUT2D eigenvalue weighted by Crippen LogP contribution is -2.45. The lowest BCUT2D eigenvalue weighted by atomic mass is 9.90. The summed E-state index contributed by atoms with van der Waals surface area (Å²) in [5.41, 5.74) is 1.13. The third kappa shape index (κ3) is 3.34. The SMILES string of the molecule is CC1CC(C(=O)O)CN(C(=O)c2ccc3c(c2)NC(=O)CS3)C1. The Hall–Kier alpha value is -2.02. The molecule has 1 aromatic carbocycles. The van der Waals surface area contributed by atoms with Crippen molar-refractivity contribution in [2.75, 3.05) is 24.2 Å². The highest BCUT2D eigenvalue weighted by Crippen LogP contribution is 2.32. The van der Waals surface area contributed by atoms with Crippen LogP contribution in [0.4, 0.5) is 5.69 Å². The average Bonchev–Trinajstić information content (AvgIpc) is 2.52. The third-order valence-electron chi connectivity index (χ3n) is 4.16. The normalized spacial score (nSPS) is 23.9. The number of aliphatic carboxylic acids is 1. The molecule has 7 heteroatoms. The minimum Gasteiger partial charge on any atom is -0.481 e. The molecule has 3 rings (SSSR count). The number of carboxylic acids is 1. The first-order valence-corrected chi connectivity index (χ1v) is 8.51. The first kappa shape index (κ1) is 15.9. The van der Waals surface area contributed by atoms with E-state index in [0.717, 1.165) is 4.90 Å². The molecule has 2 amide bonds. The molecule has 0 saturated carbocycles. The zero-order chi connectivity index (χ0) is 16.6. The number of rotatable bonds is 2. The summed E-state index contributed by atoms with van der Waals surface area (Å²) in [6.07, 6.45) is 0.593. The van der Waals surface area contributed by atoms with Crippen molar-refractivity contribution in [3.8, 4) is 0 Å². The van der Waals surface area contributed by atoms with Crippen LogP contribution < -0.4 is 5.32 Å². The molecule has 6 nitrogen and oxygen atoms in total. The van der Waals surface area contributed by atoms with Gasteiger partial charge in [-0.25, -0.2) is 0 Å². The lowest BCUT2D eigenvalue weighted by Gasteiger charge is -2.34. The molecular weight excluding hydrogens is 316 g/mol. The van der Waals surface area contributed by atoms with Crippen molar-refractivity contribution >= 4 is 35.2 Å². The van der Waals surface area contributed by atoms with Crippen molar-refractivity contribution in [2.24, 2.45) is 11.8 Å². The van der Waals surface area contributed by atoms with Gasteiger partial charge in [0.25, 0.3) is 5.91 Å². The Balaban J connectivity index is 1.81. The summed E-state index contributed by atoms with van der Waals surface area (Å²) >= 11 is 1.44. The molecule has 1 fully saturated rings. The second-order valence-corrected chi connectivity index (χ2v) is 7.15. The minimum atomic E-state index is -0.858. The highest BCUT2D eigenvalue weighted by Gasteiger charge is 2.32. The van der Waals surface area contributed by atoms with Gasteiger partial charge in [0.1, 0.15) is 0 Å². The average molecular weight is 334 g/mol. The van der Waals surface area contributed by atoms with E-state index in [1.807, 2.05) is 13.0 Å². The van der Waals surface area contributed by atoms with Crippen LogP contribution >= 0.6 is 11.8 Å². The minimum absolute atomic E-state index is 0.0790. The van der Waals surface area contributed by atoms with Crippen LogP contribution in [0.2, 0.25) is 0 Å². The maximum atomic E-state index is 12.7. The van der Waals surface area contributed by atoms with E-state index in [-0.39, 0.29) is 24.3 Å². The highest BCUT2D eigenvalue weighted by molar-refractivity contribution is 8.00. The summed E-state index contributed by atoms with van der Waals surface area (Å²) < 4.78 is 0. The van der Waals surface area contributed by atoms with E-state index in [4.69, 9.17) is 0 Å². The molecule has 0 aromatic heterocycles. The summed E-state index contributed by atoms with van der Waals surface area (Å²) in [5, 5.41) is 12.0. The number of nitrogens with zero attached hydrogens (tertiary/aromatic N) is 1. The predicted molar refractivity (Wildman–Crippen MR) is 86.6 cm³/mol. The van der Waals surface area contributed by atoms with Crippen LogP contribution in [0.15, 0.2) is 23.1 Å². The fourth-order valence-corrected chi connectivity index (χ4v) is 3.88. The van der Waals surface area contributed by atoms with Crippen molar-refractivity contribution in [1.29, 1.82) is 0 Å². The molecule has 0 bridgehead atoms. The number of amides is 2. The molecule has 2 N–H and O–H groups in total. The van der Waals surface area contributed by atoms with Gasteiger partial charge < -0.3 is 15.3 Å². The number of hydrogen-bond donors (Lipinski definition) is 2. The molecule has 0 radical (unpaired) electrons. The van der Waals surface area contributed by atoms with E-state index in [1.54, 1.807) is 17.0 Å². The van der Waals surface area contributed by atoms with Gasteiger partial charge in [0.05, 0.1) is 17.4 Å². The van der Waals surface area contributed by atoms with Crippen LogP contribution in [0.5, 0.6) is 0 Å². The van der Waals surface area contributed by atoms with Gasteiger partial charge in [0, 0.05) is 23.5 Å². The number of likely N-dealkylation sites (tertiary alicyclic amines) is 1. The first-order valence-electron chi connectivity index (χ1n) is 7.53. The molecule has 2 aliphatic heterocycles. The van der Waals surface area contributed by atoms with Crippen molar-refractivity contribution in [3.05, 3.63) is 23.8 Å². The van der Waals surface area contributed by atoms with Crippen LogP contribution in [0.1, 0.15) is 23.7 Å². The number of nitrogens with one attached hydrogen (secondary N) is 1. The third-order valence-corrected chi connectivity index (χ3v) is 5.23. The standard InChI is InChI=1S/C16H18N2O4S/c1-9-4-11(16(21)22)7-18(6-9)15(20)10-2-3-13-12(5-10)17-14(19)8-23-13/h2-3,5,9,11H,4,6-8H2,1H3,(H,17,19)(H,21,22). The molecule has 0 aliphatic carbocycles. The Labute approximate surface area is 138 Å². The molecular formula is C16H18N2O4S. The van der Waals surface area contributed by atoms with Crippen molar-refractivity contribution in [2.45, 2.75) is 18.2 Å². The van der Waals surface area contributed by atoms with E-state index in [2.05, 4.69) is 5.32 Å². The molecule has 2 aliphatic rings. The molecule has 23 heavy (non-hydrogen) atoms. The predicted octanol–water partition coefficient (Wildman–Crippen LogP) is 1.91. The van der Waals surface area contributed by atoms with Gasteiger partial charge in [-0.2, -0.15) is 0 Å². The quantitative estimate of drug-likeness (QED) is 0.863. The van der Waals surface area contributed by atoms with Gasteiger partial charge in [-0.3, -0.25) is 14.4 Å². The zero-order valence-electron chi connectivity index (χ0n) is 12.7. The second kappa shape index (κ2) is 6.23. The van der Waals surface area contributed by atoms with Crippen LogP contribution in [-0.4, -0.2) is 46.6 Å².